The molecular weight excluding hydrogens is 232 g/mol. The maximum Gasteiger partial charge on any atom is 0.306 e. The van der Waals surface area contributed by atoms with E-state index in [1.54, 1.807) is 6.20 Å². The number of rotatable bonds is 5. The van der Waals surface area contributed by atoms with Gasteiger partial charge in [0.2, 0.25) is 0 Å². The van der Waals surface area contributed by atoms with Crippen LogP contribution in [0.4, 0.5) is 5.82 Å². The molecule has 0 saturated heterocycles. The second-order valence-electron chi connectivity index (χ2n) is 3.66. The van der Waals surface area contributed by atoms with E-state index in [1.807, 2.05) is 24.3 Å². The summed E-state index contributed by atoms with van der Waals surface area (Å²) in [4.78, 5) is 10.9. The Kier molecular flexibility index (Phi) is 4.03. The van der Waals surface area contributed by atoms with Gasteiger partial charge in [0.15, 0.2) is 5.82 Å². The lowest BCUT2D eigenvalue weighted by Crippen LogP contribution is -2.25. The molecule has 0 radical (unpaired) electrons. The molecule has 6 heteroatoms. The van der Waals surface area contributed by atoms with Crippen LogP contribution in [0.3, 0.4) is 0 Å². The van der Waals surface area contributed by atoms with Gasteiger partial charge in [0.25, 0.3) is 0 Å². The van der Waals surface area contributed by atoms with Gasteiger partial charge in [0.1, 0.15) is 0 Å². The average Bonchev–Trinajstić information content (AvgIpc) is 2.43. The van der Waals surface area contributed by atoms with E-state index in [0.717, 1.165) is 10.8 Å². The fourth-order valence-electron chi connectivity index (χ4n) is 1.53. The van der Waals surface area contributed by atoms with E-state index in [0.29, 0.717) is 18.8 Å². The number of ether oxygens (including phenoxy) is 1. The van der Waals surface area contributed by atoms with Gasteiger partial charge in [-0.3, -0.25) is 4.79 Å². The molecule has 94 valence electrons. The van der Waals surface area contributed by atoms with Crippen LogP contribution in [0.1, 0.15) is 6.42 Å². The van der Waals surface area contributed by atoms with E-state index in [4.69, 9.17) is 0 Å². The summed E-state index contributed by atoms with van der Waals surface area (Å²) in [6.45, 7) is 0.456. The van der Waals surface area contributed by atoms with Crippen LogP contribution in [0.5, 0.6) is 0 Å². The van der Waals surface area contributed by atoms with Crippen LogP contribution in [0.25, 0.3) is 10.8 Å². The Morgan fingerprint density at radius 1 is 1.39 bits per heavy atom. The first-order chi connectivity index (χ1) is 8.81. The maximum atomic E-state index is 10.9. The van der Waals surface area contributed by atoms with Crippen LogP contribution in [-0.2, 0) is 9.53 Å². The van der Waals surface area contributed by atoms with Gasteiger partial charge in [-0.05, 0) is 0 Å². The highest BCUT2D eigenvalue weighted by molar-refractivity contribution is 5.90. The van der Waals surface area contributed by atoms with Crippen molar-refractivity contribution in [2.75, 3.05) is 19.1 Å². The average molecular weight is 246 g/mol. The van der Waals surface area contributed by atoms with E-state index in [9.17, 15) is 4.79 Å². The fraction of sp³-hybridized carbons (Fsp3) is 0.250. The van der Waals surface area contributed by atoms with E-state index in [-0.39, 0.29) is 5.97 Å². The summed E-state index contributed by atoms with van der Waals surface area (Å²) in [5.41, 5.74) is 5.84. The summed E-state index contributed by atoms with van der Waals surface area (Å²) >= 11 is 0. The molecule has 0 atom stereocenters. The Morgan fingerprint density at radius 3 is 3.06 bits per heavy atom. The molecule has 2 N–H and O–H groups in total. The Bertz CT molecular complexity index is 539. The van der Waals surface area contributed by atoms with Crippen LogP contribution in [0, 0.1) is 0 Å². The van der Waals surface area contributed by atoms with E-state index >= 15 is 0 Å². The number of methoxy groups -OCH3 is 1. The lowest BCUT2D eigenvalue weighted by Gasteiger charge is -2.08. The van der Waals surface area contributed by atoms with Crippen molar-refractivity contribution in [2.24, 2.45) is 0 Å². The predicted octanol–water partition coefficient (Wildman–Crippen LogP) is 1.11. The molecule has 2 rings (SSSR count). The summed E-state index contributed by atoms with van der Waals surface area (Å²) in [7, 11) is 1.37. The van der Waals surface area contributed by atoms with Crippen molar-refractivity contribution in [3.63, 3.8) is 0 Å². The zero-order valence-electron chi connectivity index (χ0n) is 10.0. The topological polar surface area (TPSA) is 76.1 Å². The third kappa shape index (κ3) is 2.92. The number of nitrogens with zero attached hydrogens (tertiary/aromatic N) is 2. The number of carbonyl (C=O) groups is 1. The van der Waals surface area contributed by atoms with Crippen LogP contribution in [-0.4, -0.2) is 29.8 Å². The number of hydrogen-bond acceptors (Lipinski definition) is 6. The lowest BCUT2D eigenvalue weighted by atomic mass is 10.2. The van der Waals surface area contributed by atoms with Gasteiger partial charge in [0, 0.05) is 17.3 Å². The zero-order chi connectivity index (χ0) is 12.8. The third-order valence-corrected chi connectivity index (χ3v) is 2.46. The molecule has 0 fully saturated rings. The van der Waals surface area contributed by atoms with Crippen LogP contribution >= 0.6 is 0 Å². The highest BCUT2D eigenvalue weighted by Crippen LogP contribution is 2.18. The number of benzene rings is 1. The molecule has 0 spiro atoms. The minimum atomic E-state index is -0.256. The minimum Gasteiger partial charge on any atom is -0.469 e. The first kappa shape index (κ1) is 12.3. The zero-order valence-corrected chi connectivity index (χ0v) is 10.0. The molecule has 6 nitrogen and oxygen atoms in total. The summed E-state index contributed by atoms with van der Waals surface area (Å²) in [5.74, 6) is 0.381. The van der Waals surface area contributed by atoms with Crippen molar-refractivity contribution in [2.45, 2.75) is 6.42 Å². The van der Waals surface area contributed by atoms with Gasteiger partial charge in [0.05, 0.1) is 19.7 Å². The Morgan fingerprint density at radius 2 is 2.22 bits per heavy atom. The molecule has 0 aliphatic heterocycles. The van der Waals surface area contributed by atoms with Gasteiger partial charge in [-0.1, -0.05) is 24.3 Å². The number of nitrogens with one attached hydrogen (secondary N) is 2. The van der Waals surface area contributed by atoms with Crippen molar-refractivity contribution >= 4 is 22.6 Å². The van der Waals surface area contributed by atoms with Crippen LogP contribution in [0.2, 0.25) is 0 Å². The summed E-state index contributed by atoms with van der Waals surface area (Å²) in [6, 6.07) is 7.79. The van der Waals surface area contributed by atoms with Gasteiger partial charge in [-0.2, -0.15) is 5.10 Å². The number of hydrazine groups is 1. The smallest absolute Gasteiger partial charge is 0.306 e. The van der Waals surface area contributed by atoms with Crippen molar-refractivity contribution in [1.29, 1.82) is 0 Å². The quantitative estimate of drug-likeness (QED) is 0.467. The first-order valence-electron chi connectivity index (χ1n) is 5.57. The Hall–Kier alpha value is -2.21. The molecule has 0 amide bonds. The number of hydrogen-bond donors (Lipinski definition) is 2. The SMILES string of the molecule is COC(=O)CCNNc1nncc2ccccc12. The Balaban J connectivity index is 1.97. The van der Waals surface area contributed by atoms with Gasteiger partial charge in [-0.25, -0.2) is 5.43 Å². The van der Waals surface area contributed by atoms with Crippen molar-refractivity contribution in [1.82, 2.24) is 15.6 Å². The molecule has 0 saturated carbocycles. The first-order valence-corrected chi connectivity index (χ1v) is 5.57. The largest absolute Gasteiger partial charge is 0.469 e. The van der Waals surface area contributed by atoms with Crippen molar-refractivity contribution in [3.8, 4) is 0 Å². The molecule has 1 heterocycles. The van der Waals surface area contributed by atoms with Crippen LogP contribution < -0.4 is 10.9 Å². The molecule has 2 aromatic rings. The van der Waals surface area contributed by atoms with E-state index < -0.39 is 0 Å². The highest BCUT2D eigenvalue weighted by atomic mass is 16.5. The minimum absolute atomic E-state index is 0.256. The molecule has 0 unspecified atom stereocenters. The number of carbonyl (C=O) groups excluding carboxylic acids is 1. The third-order valence-electron chi connectivity index (χ3n) is 2.46. The number of fused-ring (bicyclic) bond motifs is 1. The van der Waals surface area contributed by atoms with E-state index in [2.05, 4.69) is 25.8 Å². The predicted molar refractivity (Wildman–Crippen MR) is 67.8 cm³/mol. The monoisotopic (exact) mass is 246 g/mol. The van der Waals surface area contributed by atoms with Crippen molar-refractivity contribution < 1.29 is 9.53 Å². The summed E-state index contributed by atoms with van der Waals surface area (Å²) in [6.07, 6.45) is 2.00. The highest BCUT2D eigenvalue weighted by Gasteiger charge is 2.02. The molecule has 0 bridgehead atoms. The molecule has 0 aliphatic rings. The van der Waals surface area contributed by atoms with Crippen LogP contribution in [0.15, 0.2) is 30.5 Å². The molecular formula is C12H14N4O2. The van der Waals surface area contributed by atoms with Gasteiger partial charge < -0.3 is 10.2 Å². The molecule has 1 aromatic heterocycles. The number of esters is 1. The Labute approximate surface area is 104 Å². The number of anilines is 1. The van der Waals surface area contributed by atoms with Gasteiger partial charge >= 0.3 is 5.97 Å². The second kappa shape index (κ2) is 5.92. The molecule has 0 aliphatic carbocycles. The molecule has 1 aromatic carbocycles. The fourth-order valence-corrected chi connectivity index (χ4v) is 1.53. The van der Waals surface area contributed by atoms with E-state index in [1.165, 1.54) is 7.11 Å². The summed E-state index contributed by atoms with van der Waals surface area (Å²) < 4.78 is 4.54. The normalized spacial score (nSPS) is 10.3. The van der Waals surface area contributed by atoms with Crippen molar-refractivity contribution in [3.05, 3.63) is 30.5 Å². The van der Waals surface area contributed by atoms with Gasteiger partial charge in [-0.15, -0.1) is 5.10 Å². The molecule has 18 heavy (non-hydrogen) atoms. The summed E-state index contributed by atoms with van der Waals surface area (Å²) in [5, 5.41) is 9.88. The maximum absolute atomic E-state index is 10.9. The lowest BCUT2D eigenvalue weighted by molar-refractivity contribution is -0.140. The number of aromatic nitrogens is 2. The second-order valence-corrected chi connectivity index (χ2v) is 3.66. The standard InChI is InChI=1S/C12H14N4O2/c1-18-11(17)6-7-13-15-12-10-5-3-2-4-9(10)8-14-16-12/h2-5,8,13H,6-7H2,1H3,(H,15,16).